The molecule has 3 aromatic heterocycles. The number of rotatable bonds is 7. The number of fused-ring (bicyclic) bond motifs is 18. The fourth-order valence-electron chi connectivity index (χ4n) is 13.9. The van der Waals surface area contributed by atoms with Crippen molar-refractivity contribution in [2.45, 2.75) is 6.42 Å². The van der Waals surface area contributed by atoms with Crippen LogP contribution in [0.1, 0.15) is 22.3 Å². The molecule has 3 N–H and O–H groups in total. The van der Waals surface area contributed by atoms with Gasteiger partial charge in [-0.25, -0.2) is 11.1 Å². The Morgan fingerprint density at radius 2 is 0.878 bits per heavy atom. The molecule has 0 aliphatic carbocycles. The first-order chi connectivity index (χ1) is 44.5. The molecule has 9 heteroatoms. The van der Waals surface area contributed by atoms with Gasteiger partial charge in [0.2, 0.25) is 0 Å². The molecule has 0 fully saturated rings. The molecule has 9 nitrogen and oxygen atoms in total. The highest BCUT2D eigenvalue weighted by atomic mass is 16.5. The van der Waals surface area contributed by atoms with Crippen molar-refractivity contribution in [3.8, 4) is 62.3 Å². The van der Waals surface area contributed by atoms with E-state index in [-0.39, 0.29) is 0 Å². The Balaban J connectivity index is 0.000000142. The zero-order valence-corrected chi connectivity index (χ0v) is 49.1. The molecule has 2 bridgehead atoms. The van der Waals surface area contributed by atoms with Crippen LogP contribution in [0.2, 0.25) is 0 Å². The molecule has 16 aromatic rings. The van der Waals surface area contributed by atoms with Gasteiger partial charge >= 0.3 is 0 Å². The molecule has 0 amide bonds. The van der Waals surface area contributed by atoms with Gasteiger partial charge in [0.15, 0.2) is 17.2 Å². The largest absolute Gasteiger partial charge is 0.455 e. The van der Waals surface area contributed by atoms with Gasteiger partial charge in [-0.1, -0.05) is 206 Å². The maximum absolute atomic E-state index is 9.10. The van der Waals surface area contributed by atoms with E-state index in [4.69, 9.17) is 25.9 Å². The number of nitrogens with zero attached hydrogens (tertiary/aromatic N) is 4. The maximum atomic E-state index is 9.10. The third-order valence-electron chi connectivity index (χ3n) is 17.7. The number of anilines is 2. The average Bonchev–Trinajstić information content (AvgIpc) is 1.53. The number of benzene rings is 13. The third kappa shape index (κ3) is 8.73. The molecule has 0 saturated carbocycles. The van der Waals surface area contributed by atoms with Gasteiger partial charge in [-0.3, -0.25) is 5.41 Å². The summed E-state index contributed by atoms with van der Waals surface area (Å²) < 4.78 is 20.5. The van der Waals surface area contributed by atoms with E-state index in [9.17, 15) is 0 Å². The summed E-state index contributed by atoms with van der Waals surface area (Å²) in [4.78, 5) is 2.23. The van der Waals surface area contributed by atoms with Crippen molar-refractivity contribution in [2.24, 2.45) is 0 Å². The summed E-state index contributed by atoms with van der Waals surface area (Å²) in [5, 5.41) is 16.4. The smallest absolute Gasteiger partial charge is 0.154 e. The molecule has 5 heterocycles. The summed E-state index contributed by atoms with van der Waals surface area (Å²) in [5.41, 5.74) is 31.6. The fraction of sp³-hybridized carbons (Fsp3) is 0.0247. The first-order valence-corrected chi connectivity index (χ1v) is 30.2. The van der Waals surface area contributed by atoms with E-state index in [0.717, 1.165) is 102 Å². The number of hydrogen-bond acceptors (Lipinski definition) is 6. The number of aromatic nitrogens is 3. The van der Waals surface area contributed by atoms with Crippen molar-refractivity contribution in [2.75, 3.05) is 11.9 Å². The summed E-state index contributed by atoms with van der Waals surface area (Å²) in [6, 6.07) is 104. The lowest BCUT2D eigenvalue weighted by atomic mass is 9.93. The van der Waals surface area contributed by atoms with Crippen LogP contribution in [0.5, 0.6) is 23.0 Å². The lowest BCUT2D eigenvalue weighted by molar-refractivity contribution is 0.477. The molecule has 0 unspecified atom stereocenters. The van der Waals surface area contributed by atoms with Crippen molar-refractivity contribution in [1.82, 2.24) is 13.7 Å². The standard InChI is InChI=1S/C43H27N3O.C38H28N2O.H2N2/c44-42(27-13-2-1-3-14-27)31-18-5-4-17-30(31)28-15-12-16-29(25-28)45-34-21-8-6-19-32(34)40-37(45)26-39-43-41(40)33-20-7-9-22-35(33)46(43)36-23-10-11-24-38(36)47-39;1-39-33-18-7-5-16-30(33)32-24-29(41-37-21-10-9-20-35(37)39)25-36-38(32)31-17-6-8-19-34(31)40(36)28-15-11-14-27(23-28)22-26-12-3-2-4-13-26;1-2/h1-26,44H;2-21,23-25H,22H2,1H3;1-2H. The van der Waals surface area contributed by atoms with Crippen molar-refractivity contribution in [3.63, 3.8) is 0 Å². The van der Waals surface area contributed by atoms with Crippen molar-refractivity contribution >= 4 is 82.5 Å². The normalized spacial score (nSPS) is 11.9. The molecule has 0 radical (unpaired) electrons. The van der Waals surface area contributed by atoms with Crippen LogP contribution in [0.25, 0.3) is 105 Å². The van der Waals surface area contributed by atoms with E-state index >= 15 is 0 Å². The Kier molecular flexibility index (Phi) is 13.1. The minimum absolute atomic E-state index is 0.513. The highest BCUT2D eigenvalue weighted by Gasteiger charge is 2.29. The fourth-order valence-corrected chi connectivity index (χ4v) is 13.9. The molecule has 18 rings (SSSR count). The molecule has 13 aromatic carbocycles. The zero-order chi connectivity index (χ0) is 60.4. The molecular weight excluding hydrogens is 1100 g/mol. The lowest BCUT2D eigenvalue weighted by Crippen LogP contribution is -2.11. The minimum Gasteiger partial charge on any atom is -0.455 e. The van der Waals surface area contributed by atoms with Crippen LogP contribution < -0.4 is 14.4 Å². The van der Waals surface area contributed by atoms with Gasteiger partial charge in [0.1, 0.15) is 5.75 Å². The number of nitrogens with one attached hydrogen (secondary N) is 3. The van der Waals surface area contributed by atoms with Crippen molar-refractivity contribution in [3.05, 3.63) is 320 Å². The quantitative estimate of drug-likeness (QED) is 0.109. The SMILES string of the molecule is CN1c2ccccc2Oc2cc(c3c4ccccc4n(-c4cccc(Cc5ccccc5)c4)c3c2)-c2ccccc21.N=C(c1ccccc1)c1ccccc1-c1cccc(-n2c3ccccc3c3c4c5ccccc5n5c4c(cc32)Oc2ccccc2-5)c1.N=N. The molecule has 0 spiro atoms. The summed E-state index contributed by atoms with van der Waals surface area (Å²) in [6.45, 7) is 0. The molecule has 2 aliphatic rings. The maximum Gasteiger partial charge on any atom is 0.154 e. The first-order valence-electron chi connectivity index (χ1n) is 30.2. The molecule has 2 aliphatic heterocycles. The third-order valence-corrected chi connectivity index (χ3v) is 17.7. The summed E-state index contributed by atoms with van der Waals surface area (Å²) in [6.07, 6.45) is 0.891. The van der Waals surface area contributed by atoms with Crippen LogP contribution in [0.3, 0.4) is 0 Å². The first kappa shape index (κ1) is 53.4. The van der Waals surface area contributed by atoms with Crippen molar-refractivity contribution in [1.29, 1.82) is 16.5 Å². The van der Waals surface area contributed by atoms with Crippen LogP contribution in [0, 0.1) is 16.5 Å². The molecule has 90 heavy (non-hydrogen) atoms. The van der Waals surface area contributed by atoms with Gasteiger partial charge in [0.25, 0.3) is 0 Å². The molecule has 0 saturated heterocycles. The number of hydrogen-bond donors (Lipinski definition) is 3. The predicted molar refractivity (Wildman–Crippen MR) is 368 cm³/mol. The second kappa shape index (κ2) is 22.0. The Morgan fingerprint density at radius 1 is 0.356 bits per heavy atom. The summed E-state index contributed by atoms with van der Waals surface area (Å²) in [5.74, 6) is 3.37. The van der Waals surface area contributed by atoms with Gasteiger partial charge in [0.05, 0.1) is 50.2 Å². The predicted octanol–water partition coefficient (Wildman–Crippen LogP) is 21.6. The number of para-hydroxylation sites is 8. The van der Waals surface area contributed by atoms with Gasteiger partial charge in [-0.2, -0.15) is 0 Å². The summed E-state index contributed by atoms with van der Waals surface area (Å²) >= 11 is 0. The van der Waals surface area contributed by atoms with E-state index in [1.165, 1.54) is 65.6 Å². The highest BCUT2D eigenvalue weighted by molar-refractivity contribution is 6.30. The van der Waals surface area contributed by atoms with Gasteiger partial charge < -0.3 is 28.1 Å². The van der Waals surface area contributed by atoms with E-state index in [0.29, 0.717) is 5.71 Å². The highest BCUT2D eigenvalue weighted by Crippen LogP contribution is 2.52. The van der Waals surface area contributed by atoms with Crippen LogP contribution in [0.15, 0.2) is 297 Å². The van der Waals surface area contributed by atoms with E-state index in [1.54, 1.807) is 0 Å². The average molecular weight is 1160 g/mol. The Hall–Kier alpha value is -12.1. The van der Waals surface area contributed by atoms with Gasteiger partial charge in [-0.15, -0.1) is 0 Å². The Labute approximate surface area is 519 Å². The molecular formula is C81H57N7O2. The van der Waals surface area contributed by atoms with Crippen LogP contribution >= 0.6 is 0 Å². The van der Waals surface area contributed by atoms with E-state index < -0.39 is 0 Å². The Bertz CT molecular complexity index is 5510. The van der Waals surface area contributed by atoms with Crippen LogP contribution in [0.4, 0.5) is 11.4 Å². The molecule has 0 atom stereocenters. The van der Waals surface area contributed by atoms with Gasteiger partial charge in [-0.05, 0) is 113 Å². The topological polar surface area (TPSA) is 108 Å². The Morgan fingerprint density at radius 3 is 1.60 bits per heavy atom. The van der Waals surface area contributed by atoms with Crippen LogP contribution in [-0.2, 0) is 6.42 Å². The monoisotopic (exact) mass is 1160 g/mol. The van der Waals surface area contributed by atoms with E-state index in [1.807, 2.05) is 66.7 Å². The van der Waals surface area contributed by atoms with Crippen LogP contribution in [-0.4, -0.2) is 26.5 Å². The molecule has 428 valence electrons. The minimum atomic E-state index is 0.513. The second-order valence-corrected chi connectivity index (χ2v) is 22.8. The number of ether oxygens (including phenoxy) is 2. The summed E-state index contributed by atoms with van der Waals surface area (Å²) in [7, 11) is 2.12. The van der Waals surface area contributed by atoms with E-state index in [2.05, 4.69) is 256 Å². The van der Waals surface area contributed by atoms with Gasteiger partial charge in [0, 0.05) is 85.3 Å². The van der Waals surface area contributed by atoms with Crippen molar-refractivity contribution < 1.29 is 9.47 Å². The second-order valence-electron chi connectivity index (χ2n) is 22.8. The lowest BCUT2D eigenvalue weighted by Gasteiger charge is -2.23. The zero-order valence-electron chi connectivity index (χ0n) is 49.1.